The topological polar surface area (TPSA) is 86.9 Å². The molecule has 0 amide bonds. The van der Waals surface area contributed by atoms with Gasteiger partial charge >= 0.3 is 0 Å². The molecule has 1 fully saturated rings. The van der Waals surface area contributed by atoms with Gasteiger partial charge in [-0.3, -0.25) is 0 Å². The first-order chi connectivity index (χ1) is 10.5. The van der Waals surface area contributed by atoms with Crippen molar-refractivity contribution in [3.63, 3.8) is 0 Å². The number of H-pyrrole nitrogens is 1. The third-order valence-corrected chi connectivity index (χ3v) is 5.86. The van der Waals surface area contributed by atoms with Crippen molar-refractivity contribution in [2.45, 2.75) is 13.0 Å². The van der Waals surface area contributed by atoms with Gasteiger partial charge in [0.1, 0.15) is 5.82 Å². The Morgan fingerprint density at radius 2 is 2.18 bits per heavy atom. The first kappa shape index (κ1) is 15.2. The van der Waals surface area contributed by atoms with Crippen LogP contribution in [0.2, 0.25) is 0 Å². The van der Waals surface area contributed by atoms with Crippen LogP contribution in [-0.2, 0) is 16.4 Å². The van der Waals surface area contributed by atoms with Crippen LogP contribution in [0, 0.1) is 5.92 Å². The highest BCUT2D eigenvalue weighted by Gasteiger charge is 2.27. The van der Waals surface area contributed by atoms with Crippen molar-refractivity contribution >= 4 is 38.2 Å². The number of aromatic nitrogens is 2. The number of rotatable bonds is 4. The maximum absolute atomic E-state index is 11.4. The molecule has 2 aromatic rings. The Kier molecular flexibility index (Phi) is 4.30. The van der Waals surface area contributed by atoms with E-state index in [-0.39, 0.29) is 11.7 Å². The first-order valence-electron chi connectivity index (χ1n) is 7.17. The highest BCUT2D eigenvalue weighted by atomic mass is 32.2. The van der Waals surface area contributed by atoms with Gasteiger partial charge in [-0.15, -0.1) is 0 Å². The Labute approximate surface area is 134 Å². The lowest BCUT2D eigenvalue weighted by Gasteiger charge is -2.12. The van der Waals surface area contributed by atoms with Crippen molar-refractivity contribution < 1.29 is 8.42 Å². The molecule has 1 saturated heterocycles. The second-order valence-corrected chi connectivity index (χ2v) is 8.17. The van der Waals surface area contributed by atoms with Crippen molar-refractivity contribution in [2.75, 3.05) is 18.1 Å². The summed E-state index contributed by atoms with van der Waals surface area (Å²) >= 11 is 5.21. The zero-order valence-corrected chi connectivity index (χ0v) is 13.6. The maximum atomic E-state index is 11.4. The van der Waals surface area contributed by atoms with E-state index in [1.165, 1.54) is 0 Å². The molecule has 8 heteroatoms. The van der Waals surface area contributed by atoms with Gasteiger partial charge < -0.3 is 15.6 Å². The average molecular weight is 338 g/mol. The van der Waals surface area contributed by atoms with Crippen molar-refractivity contribution in [1.29, 1.82) is 0 Å². The molecule has 1 aliphatic rings. The Balaban J connectivity index is 1.46. The van der Waals surface area contributed by atoms with Crippen molar-refractivity contribution in [3.05, 3.63) is 30.1 Å². The number of fused-ring (bicyclic) bond motifs is 1. The molecule has 6 nitrogen and oxygen atoms in total. The van der Waals surface area contributed by atoms with E-state index in [2.05, 4.69) is 20.6 Å². The third-order valence-electron chi connectivity index (χ3n) is 3.73. The number of sulfone groups is 1. The zero-order valence-electron chi connectivity index (χ0n) is 12.0. The molecule has 3 N–H and O–H groups in total. The van der Waals surface area contributed by atoms with Crippen molar-refractivity contribution in [3.8, 4) is 0 Å². The number of aromatic amines is 1. The monoisotopic (exact) mass is 338 g/mol. The molecule has 2 heterocycles. The molecule has 1 aliphatic heterocycles. The van der Waals surface area contributed by atoms with E-state index in [4.69, 9.17) is 12.2 Å². The van der Waals surface area contributed by atoms with E-state index in [9.17, 15) is 8.42 Å². The van der Waals surface area contributed by atoms with Crippen LogP contribution in [0.1, 0.15) is 12.2 Å². The summed E-state index contributed by atoms with van der Waals surface area (Å²) in [5.41, 5.74) is 1.92. The summed E-state index contributed by atoms with van der Waals surface area (Å²) in [4.78, 5) is 7.68. The summed E-state index contributed by atoms with van der Waals surface area (Å²) < 4.78 is 22.8. The number of imidazole rings is 1. The van der Waals surface area contributed by atoms with Gasteiger partial charge in [0.2, 0.25) is 0 Å². The second-order valence-electron chi connectivity index (χ2n) is 5.53. The van der Waals surface area contributed by atoms with Crippen LogP contribution in [-0.4, -0.2) is 41.5 Å². The molecule has 1 aromatic carbocycles. The van der Waals surface area contributed by atoms with Gasteiger partial charge in [0.05, 0.1) is 29.1 Å². The molecule has 3 rings (SSSR count). The number of hydrogen-bond donors (Lipinski definition) is 3. The normalized spacial score (nSPS) is 20.1. The molecule has 118 valence electrons. The van der Waals surface area contributed by atoms with Crippen molar-refractivity contribution in [1.82, 2.24) is 20.6 Å². The number of nitrogens with zero attached hydrogens (tertiary/aromatic N) is 1. The summed E-state index contributed by atoms with van der Waals surface area (Å²) in [7, 11) is -2.83. The second kappa shape index (κ2) is 6.21. The highest BCUT2D eigenvalue weighted by molar-refractivity contribution is 7.91. The molecule has 0 saturated carbocycles. The molecule has 22 heavy (non-hydrogen) atoms. The average Bonchev–Trinajstić information content (AvgIpc) is 3.05. The largest absolute Gasteiger partial charge is 0.362 e. The molecule has 1 aromatic heterocycles. The van der Waals surface area contributed by atoms with Crippen LogP contribution in [0.25, 0.3) is 11.0 Å². The fourth-order valence-corrected chi connectivity index (χ4v) is 4.60. The summed E-state index contributed by atoms with van der Waals surface area (Å²) in [6.45, 7) is 1.09. The molecule has 0 bridgehead atoms. The molecule has 0 aliphatic carbocycles. The van der Waals surface area contributed by atoms with E-state index < -0.39 is 9.84 Å². The van der Waals surface area contributed by atoms with E-state index in [0.29, 0.717) is 30.4 Å². The highest BCUT2D eigenvalue weighted by Crippen LogP contribution is 2.17. The number of thiocarbonyl (C=S) groups is 1. The summed E-state index contributed by atoms with van der Waals surface area (Å²) in [6, 6.07) is 7.83. The molecule has 0 radical (unpaired) electrons. The maximum Gasteiger partial charge on any atom is 0.166 e. The van der Waals surface area contributed by atoms with Gasteiger partial charge in [0, 0.05) is 6.54 Å². The van der Waals surface area contributed by atoms with Crippen LogP contribution in [0.3, 0.4) is 0 Å². The third kappa shape index (κ3) is 3.75. The van der Waals surface area contributed by atoms with Crippen LogP contribution in [0.15, 0.2) is 24.3 Å². The van der Waals surface area contributed by atoms with Crippen molar-refractivity contribution in [2.24, 2.45) is 5.92 Å². The van der Waals surface area contributed by atoms with E-state index >= 15 is 0 Å². The van der Waals surface area contributed by atoms with Gasteiger partial charge in [-0.25, -0.2) is 13.4 Å². The quantitative estimate of drug-likeness (QED) is 0.720. The Morgan fingerprint density at radius 1 is 1.36 bits per heavy atom. The minimum Gasteiger partial charge on any atom is -0.362 e. The predicted molar refractivity (Wildman–Crippen MR) is 90.3 cm³/mol. The van der Waals surface area contributed by atoms with Crippen LogP contribution < -0.4 is 10.6 Å². The first-order valence-corrected chi connectivity index (χ1v) is 9.40. The summed E-state index contributed by atoms with van der Waals surface area (Å²) in [5, 5.41) is 6.68. The number of benzene rings is 1. The molecule has 0 spiro atoms. The van der Waals surface area contributed by atoms with Crippen LogP contribution in [0.4, 0.5) is 0 Å². The standard InChI is InChI=1S/C14H18N4O2S2/c19-22(20)6-5-10(9-22)7-15-14(21)16-8-13-17-11-3-1-2-4-12(11)18-13/h1-4,10H,5-9H2,(H,17,18)(H2,15,16,21)/t10-/m1/s1. The number of nitrogens with one attached hydrogen (secondary N) is 3. The van der Waals surface area contributed by atoms with Gasteiger partial charge in [-0.2, -0.15) is 0 Å². The smallest absolute Gasteiger partial charge is 0.166 e. The van der Waals surface area contributed by atoms with Gasteiger partial charge in [0.25, 0.3) is 0 Å². The Bertz CT molecular complexity index is 752. The van der Waals surface area contributed by atoms with E-state index in [0.717, 1.165) is 16.9 Å². The molecule has 0 unspecified atom stereocenters. The number of hydrogen-bond acceptors (Lipinski definition) is 4. The van der Waals surface area contributed by atoms with Crippen LogP contribution in [0.5, 0.6) is 0 Å². The summed E-state index contributed by atoms with van der Waals surface area (Å²) in [5.74, 6) is 1.51. The lowest BCUT2D eigenvalue weighted by atomic mass is 10.1. The SMILES string of the molecule is O=S1(=O)CC[C@H](CNC(=S)NCc2nc3ccccc3[nH]2)C1. The lowest BCUT2D eigenvalue weighted by molar-refractivity contribution is 0.569. The Hall–Kier alpha value is -1.67. The molecular weight excluding hydrogens is 320 g/mol. The molecular formula is C14H18N4O2S2. The number of para-hydroxylation sites is 2. The van der Waals surface area contributed by atoms with E-state index in [1.54, 1.807) is 0 Å². The molecule has 1 atom stereocenters. The van der Waals surface area contributed by atoms with Gasteiger partial charge in [0.15, 0.2) is 14.9 Å². The fraction of sp³-hybridized carbons (Fsp3) is 0.429. The lowest BCUT2D eigenvalue weighted by Crippen LogP contribution is -2.38. The fourth-order valence-electron chi connectivity index (χ4n) is 2.59. The van der Waals surface area contributed by atoms with Gasteiger partial charge in [-0.1, -0.05) is 12.1 Å². The predicted octanol–water partition coefficient (Wildman–Crippen LogP) is 0.962. The summed E-state index contributed by atoms with van der Waals surface area (Å²) in [6.07, 6.45) is 0.710. The van der Waals surface area contributed by atoms with Crippen LogP contribution >= 0.6 is 12.2 Å². The zero-order chi connectivity index (χ0) is 15.6. The Morgan fingerprint density at radius 3 is 2.91 bits per heavy atom. The minimum absolute atomic E-state index is 0.149. The van der Waals surface area contributed by atoms with Gasteiger partial charge in [-0.05, 0) is 36.7 Å². The minimum atomic E-state index is -2.83. The van der Waals surface area contributed by atoms with E-state index in [1.807, 2.05) is 24.3 Å².